The molecule has 0 aliphatic rings. The van der Waals surface area contributed by atoms with Crippen LogP contribution in [0.2, 0.25) is 0 Å². The molecule has 0 fully saturated rings. The molecule has 0 atom stereocenters. The van der Waals surface area contributed by atoms with E-state index in [0.29, 0.717) is 4.99 Å². The molecule has 0 saturated heterocycles. The maximum Gasteiger partial charge on any atom is 0.104 e. The van der Waals surface area contributed by atoms with Gasteiger partial charge >= 0.3 is 0 Å². The smallest absolute Gasteiger partial charge is 0.104 e. The number of hydrogen-bond donors (Lipinski definition) is 1. The fraction of sp³-hybridized carbons (Fsp3) is 0.250. The molecule has 3 heteroatoms. The Bertz CT molecular complexity index is 271. The van der Waals surface area contributed by atoms with Crippen LogP contribution >= 0.6 is 12.2 Å². The standard InChI is InChI=1S/C8H10N2S/c1-2-7-5-6(8(9)11)3-4-10-7/h3-5H,2H2,1H3,(H2,9,11)/i9+1,11+1. The van der Waals surface area contributed by atoms with Gasteiger partial charge in [-0.15, -0.1) is 0 Å². The zero-order valence-electron chi connectivity index (χ0n) is 6.37. The first-order valence-corrected chi connectivity index (χ1v) is 3.89. The van der Waals surface area contributed by atoms with Crippen molar-refractivity contribution in [1.82, 2.24) is 4.98 Å². The Kier molecular flexibility index (Phi) is 2.54. The summed E-state index contributed by atoms with van der Waals surface area (Å²) in [5, 5.41) is 0. The van der Waals surface area contributed by atoms with Crippen molar-refractivity contribution in [2.75, 3.05) is 0 Å². The average molecular weight is 168 g/mol. The number of nitrogens with zero attached hydrogens (tertiary/aromatic N) is 1. The van der Waals surface area contributed by atoms with Gasteiger partial charge in [-0.25, -0.2) is 0 Å². The molecule has 0 radical (unpaired) electrons. The fourth-order valence-corrected chi connectivity index (χ4v) is 0.952. The van der Waals surface area contributed by atoms with E-state index in [1.54, 1.807) is 6.20 Å². The highest BCUT2D eigenvalue weighted by molar-refractivity contribution is 7.80. The minimum atomic E-state index is 0.433. The maximum atomic E-state index is 5.44. The van der Waals surface area contributed by atoms with Crippen molar-refractivity contribution in [3.63, 3.8) is 0 Å². The second-order valence-electron chi connectivity index (χ2n) is 2.25. The Labute approximate surface area is 71.4 Å². The molecule has 1 heterocycles. The minimum absolute atomic E-state index is 0.433. The van der Waals surface area contributed by atoms with Crippen molar-refractivity contribution in [3.8, 4) is 0 Å². The van der Waals surface area contributed by atoms with Crippen molar-refractivity contribution in [3.05, 3.63) is 29.6 Å². The third-order valence-corrected chi connectivity index (χ3v) is 1.70. The SMILES string of the molecule is CCc1cc(C([15NH2])=[33S])ccn1. The molecular formula is C8H10N2S. The molecule has 0 aliphatic carbocycles. The lowest BCUT2D eigenvalue weighted by molar-refractivity contribution is 1.03. The van der Waals surface area contributed by atoms with Crippen molar-refractivity contribution in [2.24, 2.45) is 5.73 Å². The number of rotatable bonds is 2. The largest absolute Gasteiger partial charge is 0.389 e. The molecule has 11 heavy (non-hydrogen) atoms. The number of nitrogens with two attached hydrogens (primary N) is 1. The van der Waals surface area contributed by atoms with Crippen LogP contribution in [0.1, 0.15) is 18.2 Å². The summed E-state index contributed by atoms with van der Waals surface area (Å²) in [5.74, 6) is 0. The molecule has 0 saturated carbocycles. The summed E-state index contributed by atoms with van der Waals surface area (Å²) in [6, 6.07) is 3.74. The van der Waals surface area contributed by atoms with E-state index in [1.807, 2.05) is 19.1 Å². The van der Waals surface area contributed by atoms with Crippen molar-refractivity contribution < 1.29 is 0 Å². The Morgan fingerprint density at radius 3 is 3.00 bits per heavy atom. The van der Waals surface area contributed by atoms with Gasteiger partial charge in [0.05, 0.1) is 0 Å². The molecule has 1 aromatic rings. The number of aryl methyl sites for hydroxylation is 1. The van der Waals surface area contributed by atoms with Gasteiger partial charge in [-0.05, 0) is 18.6 Å². The molecule has 1 aromatic heterocycles. The summed E-state index contributed by atoms with van der Waals surface area (Å²) in [6.45, 7) is 2.05. The summed E-state index contributed by atoms with van der Waals surface area (Å²) < 4.78 is 0. The van der Waals surface area contributed by atoms with Gasteiger partial charge in [0.15, 0.2) is 0 Å². The molecular weight excluding hydrogens is 158 g/mol. The molecule has 0 unspecified atom stereocenters. The molecule has 2 nitrogen and oxygen atoms in total. The van der Waals surface area contributed by atoms with Gasteiger partial charge in [0, 0.05) is 17.5 Å². The summed E-state index contributed by atoms with van der Waals surface area (Å²) >= 11 is 4.82. The van der Waals surface area contributed by atoms with E-state index in [2.05, 4.69) is 4.98 Å². The molecule has 1 rings (SSSR count). The van der Waals surface area contributed by atoms with E-state index in [4.69, 9.17) is 18.0 Å². The van der Waals surface area contributed by atoms with Crippen molar-refractivity contribution in [2.45, 2.75) is 13.3 Å². The van der Waals surface area contributed by atoms with Crippen LogP contribution in [0.5, 0.6) is 0 Å². The second-order valence-corrected chi connectivity index (χ2v) is 2.69. The first-order valence-electron chi connectivity index (χ1n) is 3.48. The van der Waals surface area contributed by atoms with Crippen LogP contribution in [0.25, 0.3) is 0 Å². The minimum Gasteiger partial charge on any atom is -0.389 e. The van der Waals surface area contributed by atoms with Crippen molar-refractivity contribution in [1.29, 1.82) is 0 Å². The number of aromatic nitrogens is 1. The van der Waals surface area contributed by atoms with Gasteiger partial charge in [0.2, 0.25) is 0 Å². The Hall–Kier alpha value is -0.960. The predicted molar refractivity (Wildman–Crippen MR) is 49.5 cm³/mol. The van der Waals surface area contributed by atoms with Gasteiger partial charge in [-0.3, -0.25) is 4.98 Å². The monoisotopic (exact) mass is 168 g/mol. The van der Waals surface area contributed by atoms with E-state index in [9.17, 15) is 0 Å². The van der Waals surface area contributed by atoms with Gasteiger partial charge in [-0.1, -0.05) is 19.1 Å². The molecule has 0 aliphatic heterocycles. The summed E-state index contributed by atoms with van der Waals surface area (Å²) in [5.41, 5.74) is 7.36. The fourth-order valence-electron chi connectivity index (χ4n) is 0.825. The van der Waals surface area contributed by atoms with Gasteiger partial charge < -0.3 is 5.73 Å². The van der Waals surface area contributed by atoms with E-state index in [0.717, 1.165) is 17.7 Å². The zero-order valence-corrected chi connectivity index (χ0v) is 7.19. The third-order valence-electron chi connectivity index (χ3n) is 1.46. The first kappa shape index (κ1) is 8.14. The lowest BCUT2D eigenvalue weighted by Gasteiger charge is -1.99. The summed E-state index contributed by atoms with van der Waals surface area (Å²) in [6.07, 6.45) is 2.64. The summed E-state index contributed by atoms with van der Waals surface area (Å²) in [4.78, 5) is 4.56. The van der Waals surface area contributed by atoms with Crippen LogP contribution < -0.4 is 5.73 Å². The molecule has 2 N–H and O–H groups in total. The number of thiocarbonyl (C=S) groups is 1. The Morgan fingerprint density at radius 1 is 1.73 bits per heavy atom. The van der Waals surface area contributed by atoms with Gasteiger partial charge in [0.1, 0.15) is 4.99 Å². The summed E-state index contributed by atoms with van der Waals surface area (Å²) in [7, 11) is 0. The average Bonchev–Trinajstić information content (AvgIpc) is 2.05. The van der Waals surface area contributed by atoms with Gasteiger partial charge in [0.25, 0.3) is 0 Å². The third kappa shape index (κ3) is 1.98. The molecule has 58 valence electrons. The first-order chi connectivity index (χ1) is 5.24. The topological polar surface area (TPSA) is 38.9 Å². The van der Waals surface area contributed by atoms with Gasteiger partial charge in [-0.2, -0.15) is 0 Å². The zero-order chi connectivity index (χ0) is 8.27. The highest BCUT2D eigenvalue weighted by Gasteiger charge is 1.96. The predicted octanol–water partition coefficient (Wildman–Crippen LogP) is 1.28. The molecule has 0 spiro atoms. The van der Waals surface area contributed by atoms with Crippen LogP contribution in [0.3, 0.4) is 0 Å². The maximum absolute atomic E-state index is 5.44. The van der Waals surface area contributed by atoms with E-state index in [1.165, 1.54) is 0 Å². The molecule has 0 aromatic carbocycles. The lowest BCUT2D eigenvalue weighted by Crippen LogP contribution is -2.09. The quantitative estimate of drug-likeness (QED) is 0.534. The number of hydrogen-bond acceptors (Lipinski definition) is 2. The van der Waals surface area contributed by atoms with E-state index < -0.39 is 0 Å². The normalized spacial score (nSPS) is 9.55. The second kappa shape index (κ2) is 3.44. The van der Waals surface area contributed by atoms with Crippen LogP contribution in [-0.2, 0) is 6.42 Å². The van der Waals surface area contributed by atoms with Crippen LogP contribution in [-0.4, -0.2) is 9.97 Å². The van der Waals surface area contributed by atoms with E-state index in [-0.39, 0.29) is 0 Å². The van der Waals surface area contributed by atoms with E-state index >= 15 is 0 Å². The molecule has 0 bridgehead atoms. The van der Waals surface area contributed by atoms with Crippen LogP contribution in [0.15, 0.2) is 18.3 Å². The lowest BCUT2D eigenvalue weighted by atomic mass is 10.2. The number of pyridine rings is 1. The Balaban J connectivity index is 3.01. The highest BCUT2D eigenvalue weighted by atomic mass is 33.0. The van der Waals surface area contributed by atoms with Crippen LogP contribution in [0.4, 0.5) is 0 Å². The highest BCUT2D eigenvalue weighted by Crippen LogP contribution is 2.01. The van der Waals surface area contributed by atoms with Crippen LogP contribution in [0, 0.1) is 0 Å². The van der Waals surface area contributed by atoms with Crippen molar-refractivity contribution >= 4 is 17.2 Å². The molecule has 0 amide bonds. The Morgan fingerprint density at radius 2 is 2.45 bits per heavy atom.